The summed E-state index contributed by atoms with van der Waals surface area (Å²) < 4.78 is 5.14. The van der Waals surface area contributed by atoms with Gasteiger partial charge in [0.05, 0.1) is 19.2 Å². The first kappa shape index (κ1) is 20.2. The minimum atomic E-state index is -1.29. The van der Waals surface area contributed by atoms with Gasteiger partial charge < -0.3 is 25.4 Å². The quantitative estimate of drug-likeness (QED) is 0.607. The van der Waals surface area contributed by atoms with Gasteiger partial charge in [-0.3, -0.25) is 14.4 Å². The topological polar surface area (TPSA) is 125 Å². The predicted octanol–water partition coefficient (Wildman–Crippen LogP) is 0.645. The lowest BCUT2D eigenvalue weighted by Crippen LogP contribution is -2.57. The predicted molar refractivity (Wildman–Crippen MR) is 96.5 cm³/mol. The number of ether oxygens (including phenoxy) is 1. The molecule has 1 aromatic rings. The molecule has 1 aliphatic heterocycles. The van der Waals surface area contributed by atoms with Crippen LogP contribution in [0.25, 0.3) is 0 Å². The van der Waals surface area contributed by atoms with E-state index in [2.05, 4.69) is 10.6 Å². The summed E-state index contributed by atoms with van der Waals surface area (Å²) in [7, 11) is 1.43. The molecule has 1 fully saturated rings. The number of nitrogens with one attached hydrogen (secondary N) is 2. The highest BCUT2D eigenvalue weighted by Crippen LogP contribution is 2.28. The third kappa shape index (κ3) is 5.45. The molecular weight excluding hydrogens is 378 g/mol. The minimum Gasteiger partial charge on any atom is -0.495 e. The Morgan fingerprint density at radius 2 is 2.15 bits per heavy atom. The lowest BCUT2D eigenvalue weighted by atomic mass is 10.1. The first-order valence-corrected chi connectivity index (χ1v) is 8.32. The molecule has 1 heterocycles. The number of carbonyl (C=O) groups excluding carboxylic acids is 3. The van der Waals surface area contributed by atoms with Crippen molar-refractivity contribution in [3.8, 4) is 5.75 Å². The molecular formula is C17H18ClN3O6. The Morgan fingerprint density at radius 1 is 1.41 bits per heavy atom. The number of benzene rings is 1. The van der Waals surface area contributed by atoms with E-state index in [-0.39, 0.29) is 19.5 Å². The summed E-state index contributed by atoms with van der Waals surface area (Å²) in [6, 6.07) is 3.62. The summed E-state index contributed by atoms with van der Waals surface area (Å²) in [5, 5.41) is 14.2. The van der Waals surface area contributed by atoms with E-state index in [1.165, 1.54) is 13.2 Å². The zero-order valence-corrected chi connectivity index (χ0v) is 15.2. The zero-order chi connectivity index (χ0) is 20.0. The van der Waals surface area contributed by atoms with Crippen LogP contribution in [0.1, 0.15) is 6.42 Å². The van der Waals surface area contributed by atoms with E-state index in [1.54, 1.807) is 12.1 Å². The van der Waals surface area contributed by atoms with E-state index in [0.29, 0.717) is 22.5 Å². The van der Waals surface area contributed by atoms with Gasteiger partial charge in [-0.25, -0.2) is 4.79 Å². The van der Waals surface area contributed by atoms with Crippen LogP contribution in [0.3, 0.4) is 0 Å². The second-order valence-electron chi connectivity index (χ2n) is 5.61. The van der Waals surface area contributed by atoms with E-state index in [4.69, 9.17) is 21.4 Å². The molecule has 1 aromatic carbocycles. The Hall–Kier alpha value is -3.07. The lowest BCUT2D eigenvalue weighted by Gasteiger charge is -2.34. The number of hydrogen-bond acceptors (Lipinski definition) is 5. The Balaban J connectivity index is 2.13. The van der Waals surface area contributed by atoms with Crippen molar-refractivity contribution in [3.05, 3.63) is 35.4 Å². The summed E-state index contributed by atoms with van der Waals surface area (Å²) >= 11 is 5.92. The number of amides is 3. The maximum absolute atomic E-state index is 12.4. The fourth-order valence-corrected chi connectivity index (χ4v) is 2.75. The number of nitrogens with zero attached hydrogens (tertiary/aromatic N) is 1. The molecule has 3 amide bonds. The summed E-state index contributed by atoms with van der Waals surface area (Å²) in [6.45, 7) is 0.374. The fourth-order valence-electron chi connectivity index (χ4n) is 2.57. The fraction of sp³-hybridized carbons (Fsp3) is 0.294. The molecule has 1 saturated heterocycles. The van der Waals surface area contributed by atoms with E-state index in [1.807, 2.05) is 0 Å². The van der Waals surface area contributed by atoms with E-state index in [9.17, 15) is 19.2 Å². The van der Waals surface area contributed by atoms with Crippen molar-refractivity contribution in [1.82, 2.24) is 10.2 Å². The molecule has 0 saturated carbocycles. The van der Waals surface area contributed by atoms with Crippen molar-refractivity contribution in [2.24, 2.45) is 0 Å². The summed E-state index contributed by atoms with van der Waals surface area (Å²) in [5.74, 6) is -2.58. The van der Waals surface area contributed by atoms with Gasteiger partial charge in [0.25, 0.3) is 0 Å². The van der Waals surface area contributed by atoms with E-state index < -0.39 is 29.7 Å². The summed E-state index contributed by atoms with van der Waals surface area (Å²) in [5.41, 5.74) is 0.329. The molecule has 0 bridgehead atoms. The SMILES string of the molecule is COc1ccc(Cl)cc1NC(=O)C[C@@H]1C(=O)NCCN1C(=O)/C=C\C(=O)O. The molecule has 0 aliphatic carbocycles. The van der Waals surface area contributed by atoms with Crippen LogP contribution in [-0.2, 0) is 19.2 Å². The number of carboxylic acid groups (broad SMARTS) is 1. The third-order valence-electron chi connectivity index (χ3n) is 3.80. The molecule has 0 unspecified atom stereocenters. The number of anilines is 1. The first-order valence-electron chi connectivity index (χ1n) is 7.94. The average Bonchev–Trinajstić information content (AvgIpc) is 2.61. The number of rotatable bonds is 6. The van der Waals surface area contributed by atoms with Gasteiger partial charge in [-0.1, -0.05) is 11.6 Å². The number of halogens is 1. The Morgan fingerprint density at radius 3 is 2.81 bits per heavy atom. The molecule has 2 rings (SSSR count). The van der Waals surface area contributed by atoms with Crippen molar-refractivity contribution in [1.29, 1.82) is 0 Å². The molecule has 0 spiro atoms. The van der Waals surface area contributed by atoms with Gasteiger partial charge in [0.2, 0.25) is 17.7 Å². The van der Waals surface area contributed by atoms with Crippen LogP contribution in [-0.4, -0.2) is 59.9 Å². The van der Waals surface area contributed by atoms with Gasteiger partial charge in [-0.2, -0.15) is 0 Å². The third-order valence-corrected chi connectivity index (χ3v) is 4.03. The molecule has 27 heavy (non-hydrogen) atoms. The van der Waals surface area contributed by atoms with Crippen LogP contribution in [0.15, 0.2) is 30.4 Å². The van der Waals surface area contributed by atoms with Crippen molar-refractivity contribution in [3.63, 3.8) is 0 Å². The minimum absolute atomic E-state index is 0.160. The highest BCUT2D eigenvalue weighted by Gasteiger charge is 2.34. The van der Waals surface area contributed by atoms with Crippen LogP contribution in [0.4, 0.5) is 5.69 Å². The van der Waals surface area contributed by atoms with Crippen LogP contribution in [0.2, 0.25) is 5.02 Å². The smallest absolute Gasteiger partial charge is 0.328 e. The second-order valence-corrected chi connectivity index (χ2v) is 6.04. The van der Waals surface area contributed by atoms with Gasteiger partial charge in [-0.15, -0.1) is 0 Å². The first-order chi connectivity index (χ1) is 12.8. The Bertz CT molecular complexity index is 795. The average molecular weight is 396 g/mol. The van der Waals surface area contributed by atoms with Crippen LogP contribution >= 0.6 is 11.6 Å². The number of carbonyl (C=O) groups is 4. The second kappa shape index (κ2) is 9.04. The van der Waals surface area contributed by atoms with Gasteiger partial charge >= 0.3 is 5.97 Å². The molecule has 0 aromatic heterocycles. The highest BCUT2D eigenvalue weighted by molar-refractivity contribution is 6.31. The van der Waals surface area contributed by atoms with Gasteiger partial charge in [0.1, 0.15) is 11.8 Å². The lowest BCUT2D eigenvalue weighted by molar-refractivity contribution is -0.141. The molecule has 1 atom stereocenters. The molecule has 1 aliphatic rings. The zero-order valence-electron chi connectivity index (χ0n) is 14.4. The molecule has 9 nitrogen and oxygen atoms in total. The van der Waals surface area contributed by atoms with Gasteiger partial charge in [0, 0.05) is 30.3 Å². The summed E-state index contributed by atoms with van der Waals surface area (Å²) in [6.07, 6.45) is 1.22. The van der Waals surface area contributed by atoms with Crippen molar-refractivity contribution < 1.29 is 29.0 Å². The van der Waals surface area contributed by atoms with E-state index in [0.717, 1.165) is 11.0 Å². The van der Waals surface area contributed by atoms with Crippen molar-refractivity contribution in [2.75, 3.05) is 25.5 Å². The largest absolute Gasteiger partial charge is 0.495 e. The standard InChI is InChI=1S/C17H18ClN3O6/c1-27-13-3-2-10(18)8-11(13)20-14(22)9-12-17(26)19-6-7-21(12)15(23)4-5-16(24)25/h2-5,8,12H,6-7,9H2,1H3,(H,19,26)(H,20,22)(H,24,25)/b5-4-/t12-/m1/s1. The number of carboxylic acids is 1. The van der Waals surface area contributed by atoms with Crippen LogP contribution in [0, 0.1) is 0 Å². The molecule has 0 radical (unpaired) electrons. The number of hydrogen-bond donors (Lipinski definition) is 3. The normalized spacial score (nSPS) is 16.7. The monoisotopic (exact) mass is 395 g/mol. The maximum atomic E-state index is 12.4. The van der Waals surface area contributed by atoms with Crippen molar-refractivity contribution in [2.45, 2.75) is 12.5 Å². The van der Waals surface area contributed by atoms with Crippen LogP contribution in [0.5, 0.6) is 5.75 Å². The Labute approximate surface area is 159 Å². The highest BCUT2D eigenvalue weighted by atomic mass is 35.5. The Kier molecular flexibility index (Phi) is 6.78. The van der Waals surface area contributed by atoms with E-state index >= 15 is 0 Å². The number of piperazine rings is 1. The van der Waals surface area contributed by atoms with Crippen molar-refractivity contribution >= 4 is 41.0 Å². The molecule has 144 valence electrons. The molecule has 3 N–H and O–H groups in total. The van der Waals surface area contributed by atoms with Gasteiger partial charge in [-0.05, 0) is 18.2 Å². The summed E-state index contributed by atoms with van der Waals surface area (Å²) in [4.78, 5) is 48.4. The maximum Gasteiger partial charge on any atom is 0.328 e. The number of aliphatic carboxylic acids is 1. The molecule has 10 heteroatoms. The van der Waals surface area contributed by atoms with Gasteiger partial charge in [0.15, 0.2) is 0 Å². The van der Waals surface area contributed by atoms with Crippen LogP contribution < -0.4 is 15.4 Å². The number of methoxy groups -OCH3 is 1.